The molecule has 1 aliphatic rings. The predicted molar refractivity (Wildman–Crippen MR) is 56.7 cm³/mol. The van der Waals surface area contributed by atoms with Crippen LogP contribution in [-0.2, 0) is 5.60 Å². The molecule has 70 valence electrons. The van der Waals surface area contributed by atoms with E-state index in [2.05, 4.69) is 20.9 Å². The Kier molecular flexibility index (Phi) is 2.53. The first kappa shape index (κ1) is 9.37. The molecule has 1 heterocycles. The molecule has 1 N–H and O–H groups in total. The number of nitrogens with zero attached hydrogens (tertiary/aromatic N) is 1. The van der Waals surface area contributed by atoms with E-state index < -0.39 is 5.60 Å². The monoisotopic (exact) mass is 259 g/mol. The fraction of sp³-hybridized carbons (Fsp3) is 0.444. The lowest BCUT2D eigenvalue weighted by molar-refractivity contribution is 0.0722. The van der Waals surface area contributed by atoms with Crippen LogP contribution in [0.2, 0.25) is 0 Å². The highest BCUT2D eigenvalue weighted by Crippen LogP contribution is 2.34. The van der Waals surface area contributed by atoms with Crippen molar-refractivity contribution >= 4 is 27.3 Å². The summed E-state index contributed by atoms with van der Waals surface area (Å²) in [5.41, 5.74) is -0.811. The van der Waals surface area contributed by atoms with Crippen molar-refractivity contribution in [3.63, 3.8) is 0 Å². The molecule has 0 saturated carbocycles. The second-order valence-electron chi connectivity index (χ2n) is 3.19. The third-order valence-electron chi connectivity index (χ3n) is 2.17. The summed E-state index contributed by atoms with van der Waals surface area (Å²) in [4.78, 5) is 4.24. The van der Waals surface area contributed by atoms with Gasteiger partial charge in [-0.25, -0.2) is 4.98 Å². The maximum absolute atomic E-state index is 10.2. The quantitative estimate of drug-likeness (QED) is 0.787. The van der Waals surface area contributed by atoms with E-state index in [1.807, 2.05) is 17.5 Å². The molecule has 0 fully saturated rings. The Hall–Kier alpha value is -0.190. The molecule has 0 aliphatic heterocycles. The minimum atomic E-state index is -0.811. The van der Waals surface area contributed by atoms with Crippen LogP contribution in [-0.4, -0.2) is 10.1 Å². The summed E-state index contributed by atoms with van der Waals surface area (Å²) in [6.45, 7) is 0. The highest BCUT2D eigenvalue weighted by Gasteiger charge is 2.30. The van der Waals surface area contributed by atoms with Crippen molar-refractivity contribution in [2.75, 3.05) is 0 Å². The van der Waals surface area contributed by atoms with Crippen molar-refractivity contribution in [3.8, 4) is 0 Å². The third kappa shape index (κ3) is 1.85. The second kappa shape index (κ2) is 3.52. The molecular formula is C9H10BrNOS. The van der Waals surface area contributed by atoms with E-state index in [0.29, 0.717) is 0 Å². The molecule has 0 saturated heterocycles. The zero-order valence-corrected chi connectivity index (χ0v) is 9.44. The van der Waals surface area contributed by atoms with E-state index in [9.17, 15) is 5.11 Å². The average Bonchev–Trinajstić information content (AvgIpc) is 2.54. The summed E-state index contributed by atoms with van der Waals surface area (Å²) in [5.74, 6) is 0. The summed E-state index contributed by atoms with van der Waals surface area (Å²) >= 11 is 4.78. The van der Waals surface area contributed by atoms with Gasteiger partial charge in [-0.2, -0.15) is 0 Å². The Bertz CT molecular complexity index is 336. The summed E-state index contributed by atoms with van der Waals surface area (Å²) in [5, 5.41) is 12.9. The lowest BCUT2D eigenvalue weighted by Gasteiger charge is -2.24. The zero-order chi connectivity index (χ0) is 9.31. The van der Waals surface area contributed by atoms with Gasteiger partial charge in [-0.3, -0.25) is 0 Å². The molecule has 0 amide bonds. The Balaban J connectivity index is 2.33. The van der Waals surface area contributed by atoms with Gasteiger partial charge in [0.1, 0.15) is 15.2 Å². The minimum absolute atomic E-state index is 0.781. The van der Waals surface area contributed by atoms with Gasteiger partial charge >= 0.3 is 0 Å². The fourth-order valence-electron chi connectivity index (χ4n) is 1.48. The van der Waals surface area contributed by atoms with Gasteiger partial charge in [-0.1, -0.05) is 12.2 Å². The molecule has 1 aromatic rings. The van der Waals surface area contributed by atoms with Crippen molar-refractivity contribution < 1.29 is 5.11 Å². The molecule has 0 aromatic carbocycles. The van der Waals surface area contributed by atoms with Gasteiger partial charge in [0.25, 0.3) is 0 Å². The number of hydrogen-bond acceptors (Lipinski definition) is 3. The Labute approximate surface area is 89.4 Å². The van der Waals surface area contributed by atoms with E-state index in [4.69, 9.17) is 0 Å². The van der Waals surface area contributed by atoms with Crippen molar-refractivity contribution in [3.05, 3.63) is 27.1 Å². The number of thiazole rings is 1. The lowest BCUT2D eigenvalue weighted by atomic mass is 9.92. The van der Waals surface area contributed by atoms with Crippen LogP contribution in [0.5, 0.6) is 0 Å². The molecule has 0 spiro atoms. The van der Waals surface area contributed by atoms with Gasteiger partial charge < -0.3 is 5.11 Å². The number of aromatic nitrogens is 1. The van der Waals surface area contributed by atoms with Crippen LogP contribution in [0.4, 0.5) is 0 Å². The standard InChI is InChI=1S/C9H10BrNOS/c10-7-6-13-8(11-7)9(12)4-2-1-3-5-9/h2,4,6,12H,1,3,5H2. The van der Waals surface area contributed by atoms with Gasteiger partial charge in [-0.15, -0.1) is 11.3 Å². The first-order valence-corrected chi connectivity index (χ1v) is 5.89. The van der Waals surface area contributed by atoms with Crippen molar-refractivity contribution in [1.29, 1.82) is 0 Å². The number of allylic oxidation sites excluding steroid dienone is 1. The molecular weight excluding hydrogens is 250 g/mol. The number of halogens is 1. The maximum atomic E-state index is 10.2. The van der Waals surface area contributed by atoms with Crippen molar-refractivity contribution in [2.24, 2.45) is 0 Å². The highest BCUT2D eigenvalue weighted by molar-refractivity contribution is 9.10. The molecule has 0 radical (unpaired) electrons. The van der Waals surface area contributed by atoms with E-state index in [-0.39, 0.29) is 0 Å². The van der Waals surface area contributed by atoms with E-state index in [0.717, 1.165) is 28.9 Å². The van der Waals surface area contributed by atoms with Crippen LogP contribution in [0.3, 0.4) is 0 Å². The molecule has 4 heteroatoms. The molecule has 2 rings (SSSR count). The largest absolute Gasteiger partial charge is 0.379 e. The molecule has 2 nitrogen and oxygen atoms in total. The molecule has 0 bridgehead atoms. The first-order chi connectivity index (χ1) is 6.21. The Morgan fingerprint density at radius 2 is 2.46 bits per heavy atom. The van der Waals surface area contributed by atoms with Gasteiger partial charge in [-0.05, 0) is 35.2 Å². The van der Waals surface area contributed by atoms with Crippen LogP contribution in [0.15, 0.2) is 22.1 Å². The highest BCUT2D eigenvalue weighted by atomic mass is 79.9. The number of hydrogen-bond donors (Lipinski definition) is 1. The summed E-state index contributed by atoms with van der Waals surface area (Å²) in [7, 11) is 0. The van der Waals surface area contributed by atoms with Gasteiger partial charge in [0.15, 0.2) is 0 Å². The summed E-state index contributed by atoms with van der Waals surface area (Å²) < 4.78 is 0.805. The molecule has 1 atom stereocenters. The predicted octanol–water partition coefficient (Wildman–Crippen LogP) is 2.83. The topological polar surface area (TPSA) is 33.1 Å². The van der Waals surface area contributed by atoms with Gasteiger partial charge in [0.2, 0.25) is 0 Å². The SMILES string of the molecule is OC1(c2nc(Br)cs2)C=CCCC1. The Morgan fingerprint density at radius 3 is 3.00 bits per heavy atom. The van der Waals surface area contributed by atoms with Crippen LogP contribution in [0.1, 0.15) is 24.3 Å². The minimum Gasteiger partial charge on any atom is -0.379 e. The van der Waals surface area contributed by atoms with E-state index in [1.165, 1.54) is 11.3 Å². The average molecular weight is 260 g/mol. The van der Waals surface area contributed by atoms with Crippen LogP contribution in [0, 0.1) is 0 Å². The summed E-state index contributed by atoms with van der Waals surface area (Å²) in [6, 6.07) is 0. The van der Waals surface area contributed by atoms with Gasteiger partial charge in [0, 0.05) is 5.38 Å². The van der Waals surface area contributed by atoms with Crippen LogP contribution in [0.25, 0.3) is 0 Å². The molecule has 1 aromatic heterocycles. The third-order valence-corrected chi connectivity index (χ3v) is 3.89. The van der Waals surface area contributed by atoms with Crippen molar-refractivity contribution in [2.45, 2.75) is 24.9 Å². The Morgan fingerprint density at radius 1 is 1.62 bits per heavy atom. The van der Waals surface area contributed by atoms with Crippen LogP contribution < -0.4 is 0 Å². The van der Waals surface area contributed by atoms with Gasteiger partial charge in [0.05, 0.1) is 0 Å². The van der Waals surface area contributed by atoms with Crippen molar-refractivity contribution in [1.82, 2.24) is 4.98 Å². The second-order valence-corrected chi connectivity index (χ2v) is 4.86. The van der Waals surface area contributed by atoms with E-state index in [1.54, 1.807) is 0 Å². The smallest absolute Gasteiger partial charge is 0.134 e. The first-order valence-electron chi connectivity index (χ1n) is 4.22. The molecule has 1 aliphatic carbocycles. The van der Waals surface area contributed by atoms with E-state index >= 15 is 0 Å². The normalized spacial score (nSPS) is 27.8. The van der Waals surface area contributed by atoms with Crippen LogP contribution >= 0.6 is 27.3 Å². The number of aliphatic hydroxyl groups is 1. The fourth-order valence-corrected chi connectivity index (χ4v) is 2.84. The zero-order valence-electron chi connectivity index (χ0n) is 7.03. The molecule has 13 heavy (non-hydrogen) atoms. The molecule has 1 unspecified atom stereocenters. The summed E-state index contributed by atoms with van der Waals surface area (Å²) in [6.07, 6.45) is 6.77. The maximum Gasteiger partial charge on any atom is 0.134 e. The lowest BCUT2D eigenvalue weighted by Crippen LogP contribution is -2.24. The number of rotatable bonds is 1.